The van der Waals surface area contributed by atoms with Crippen molar-refractivity contribution in [3.63, 3.8) is 0 Å². The van der Waals surface area contributed by atoms with E-state index >= 15 is 0 Å². The quantitative estimate of drug-likeness (QED) is 0.442. The average Bonchev–Trinajstić information content (AvgIpc) is 2.72. The van der Waals surface area contributed by atoms with Crippen LogP contribution in [0, 0.1) is 6.92 Å². The van der Waals surface area contributed by atoms with Gasteiger partial charge in [-0.3, -0.25) is 0 Å². The van der Waals surface area contributed by atoms with E-state index in [-0.39, 0.29) is 11.4 Å². The minimum atomic E-state index is -4.47. The zero-order chi connectivity index (χ0) is 22.9. The summed E-state index contributed by atoms with van der Waals surface area (Å²) in [6.45, 7) is 3.48. The molecule has 1 unspecified atom stereocenters. The van der Waals surface area contributed by atoms with Crippen molar-refractivity contribution in [2.24, 2.45) is 0 Å². The lowest BCUT2D eigenvalue weighted by atomic mass is 9.93. The molecule has 0 fully saturated rings. The number of pyridine rings is 1. The Bertz CT molecular complexity index is 1140. The Balaban J connectivity index is 2.20. The Labute approximate surface area is 183 Å². The van der Waals surface area contributed by atoms with Crippen LogP contribution >= 0.6 is 12.6 Å². The molecule has 1 N–H and O–H groups in total. The molecule has 8 heteroatoms. The standard InChI is InChI=1S/C23H20F3NO3S/c1-12-8-14(22(28)29)4-6-17(12)15-9-20(21(30-3)27-11-15)18-7-5-16(23(24,25)26)10-19(18)13(2)31/h4-11,13,31H,1-3H3,(H,28,29). The van der Waals surface area contributed by atoms with Crippen LogP contribution in [-0.4, -0.2) is 23.2 Å². The lowest BCUT2D eigenvalue weighted by Gasteiger charge is -2.18. The van der Waals surface area contributed by atoms with Gasteiger partial charge >= 0.3 is 12.1 Å². The van der Waals surface area contributed by atoms with Gasteiger partial charge in [-0.1, -0.05) is 12.1 Å². The predicted octanol–water partition coefficient (Wildman–Crippen LogP) is 6.44. The van der Waals surface area contributed by atoms with Crippen LogP contribution in [0.1, 0.15) is 39.2 Å². The van der Waals surface area contributed by atoms with Crippen molar-refractivity contribution in [1.82, 2.24) is 4.98 Å². The van der Waals surface area contributed by atoms with E-state index in [9.17, 15) is 23.1 Å². The zero-order valence-corrected chi connectivity index (χ0v) is 17.9. The van der Waals surface area contributed by atoms with E-state index < -0.39 is 23.0 Å². The fourth-order valence-corrected chi connectivity index (χ4v) is 3.62. The molecule has 1 heterocycles. The van der Waals surface area contributed by atoms with Crippen LogP contribution in [0.5, 0.6) is 5.88 Å². The Morgan fingerprint density at radius 1 is 1.10 bits per heavy atom. The first-order valence-corrected chi connectivity index (χ1v) is 9.82. The number of aryl methyl sites for hydroxylation is 1. The molecule has 0 radical (unpaired) electrons. The van der Waals surface area contributed by atoms with E-state index in [0.29, 0.717) is 22.3 Å². The third-order valence-corrected chi connectivity index (χ3v) is 5.23. The van der Waals surface area contributed by atoms with Gasteiger partial charge in [-0.15, -0.1) is 0 Å². The molecule has 3 rings (SSSR count). The number of thiol groups is 1. The number of benzene rings is 2. The topological polar surface area (TPSA) is 59.4 Å². The molecule has 0 saturated carbocycles. The Kier molecular flexibility index (Phi) is 6.31. The van der Waals surface area contributed by atoms with Crippen LogP contribution in [0.3, 0.4) is 0 Å². The number of alkyl halides is 3. The van der Waals surface area contributed by atoms with Crippen molar-refractivity contribution < 1.29 is 27.8 Å². The minimum absolute atomic E-state index is 0.164. The van der Waals surface area contributed by atoms with Crippen molar-refractivity contribution in [2.75, 3.05) is 7.11 Å². The summed E-state index contributed by atoms with van der Waals surface area (Å²) in [6, 6.07) is 10.0. The van der Waals surface area contributed by atoms with E-state index in [2.05, 4.69) is 17.6 Å². The second-order valence-electron chi connectivity index (χ2n) is 7.09. The molecule has 0 aliphatic rings. The molecule has 0 spiro atoms. The number of halogens is 3. The number of carboxylic acids is 1. The number of hydrogen-bond acceptors (Lipinski definition) is 4. The molecule has 0 saturated heterocycles. The summed E-state index contributed by atoms with van der Waals surface area (Å²) in [5.74, 6) is -0.765. The third-order valence-electron chi connectivity index (χ3n) is 4.95. The monoisotopic (exact) mass is 447 g/mol. The van der Waals surface area contributed by atoms with Crippen molar-refractivity contribution in [1.29, 1.82) is 0 Å². The first-order chi connectivity index (χ1) is 14.5. The highest BCUT2D eigenvalue weighted by Crippen LogP contribution is 2.41. The fourth-order valence-electron chi connectivity index (χ4n) is 3.41. The molecule has 31 heavy (non-hydrogen) atoms. The molecule has 1 aromatic heterocycles. The number of rotatable bonds is 5. The zero-order valence-electron chi connectivity index (χ0n) is 17.0. The second kappa shape index (κ2) is 8.63. The number of hydrogen-bond donors (Lipinski definition) is 2. The highest BCUT2D eigenvalue weighted by atomic mass is 32.1. The number of aromatic nitrogens is 1. The highest BCUT2D eigenvalue weighted by molar-refractivity contribution is 7.80. The van der Waals surface area contributed by atoms with Crippen molar-refractivity contribution in [3.8, 4) is 28.1 Å². The lowest BCUT2D eigenvalue weighted by Crippen LogP contribution is -2.07. The van der Waals surface area contributed by atoms with Gasteiger partial charge in [0.15, 0.2) is 0 Å². The first-order valence-electron chi connectivity index (χ1n) is 9.31. The van der Waals surface area contributed by atoms with Crippen molar-refractivity contribution in [2.45, 2.75) is 25.3 Å². The summed E-state index contributed by atoms with van der Waals surface area (Å²) < 4.78 is 45.0. The van der Waals surface area contributed by atoms with Crippen LogP contribution < -0.4 is 4.74 Å². The Morgan fingerprint density at radius 3 is 2.32 bits per heavy atom. The molecular weight excluding hydrogens is 427 g/mol. The van der Waals surface area contributed by atoms with Crippen molar-refractivity contribution >= 4 is 18.6 Å². The molecule has 4 nitrogen and oxygen atoms in total. The summed E-state index contributed by atoms with van der Waals surface area (Å²) in [5, 5.41) is 8.71. The largest absolute Gasteiger partial charge is 0.481 e. The molecule has 2 aromatic carbocycles. The second-order valence-corrected chi connectivity index (χ2v) is 7.87. The molecule has 0 aliphatic heterocycles. The summed E-state index contributed by atoms with van der Waals surface area (Å²) in [6.07, 6.45) is -2.89. The Hall–Kier alpha value is -3.00. The normalized spacial score (nSPS) is 12.5. The minimum Gasteiger partial charge on any atom is -0.481 e. The average molecular weight is 447 g/mol. The molecule has 0 amide bonds. The van der Waals surface area contributed by atoms with Crippen LogP contribution in [0.15, 0.2) is 48.7 Å². The number of carboxylic acid groups (broad SMARTS) is 1. The van der Waals surface area contributed by atoms with Gasteiger partial charge in [0.25, 0.3) is 0 Å². The summed E-state index contributed by atoms with van der Waals surface area (Å²) >= 11 is 4.37. The van der Waals surface area contributed by atoms with E-state index in [1.54, 1.807) is 38.2 Å². The summed E-state index contributed by atoms with van der Waals surface area (Å²) in [7, 11) is 1.44. The fraction of sp³-hybridized carbons (Fsp3) is 0.217. The van der Waals surface area contributed by atoms with Gasteiger partial charge in [0.05, 0.1) is 18.2 Å². The maximum absolute atomic E-state index is 13.2. The van der Waals surface area contributed by atoms with Gasteiger partial charge in [0.2, 0.25) is 5.88 Å². The SMILES string of the molecule is COc1ncc(-c2ccc(C(=O)O)cc2C)cc1-c1ccc(C(F)(F)F)cc1C(C)S. The molecule has 1 atom stereocenters. The van der Waals surface area contributed by atoms with Gasteiger partial charge in [-0.25, -0.2) is 9.78 Å². The molecule has 0 aliphatic carbocycles. The van der Waals surface area contributed by atoms with Crippen LogP contribution in [0.2, 0.25) is 0 Å². The Morgan fingerprint density at radius 2 is 1.77 bits per heavy atom. The van der Waals surface area contributed by atoms with Crippen LogP contribution in [0.4, 0.5) is 13.2 Å². The van der Waals surface area contributed by atoms with Crippen LogP contribution in [-0.2, 0) is 6.18 Å². The lowest BCUT2D eigenvalue weighted by molar-refractivity contribution is -0.137. The van der Waals surface area contributed by atoms with Gasteiger partial charge in [0, 0.05) is 22.6 Å². The van der Waals surface area contributed by atoms with Gasteiger partial charge in [-0.2, -0.15) is 25.8 Å². The van der Waals surface area contributed by atoms with Gasteiger partial charge in [-0.05, 0) is 66.4 Å². The maximum Gasteiger partial charge on any atom is 0.416 e. The van der Waals surface area contributed by atoms with Crippen molar-refractivity contribution in [3.05, 3.63) is 70.9 Å². The predicted molar refractivity (Wildman–Crippen MR) is 116 cm³/mol. The summed E-state index contributed by atoms with van der Waals surface area (Å²) in [4.78, 5) is 15.5. The molecule has 162 valence electrons. The summed E-state index contributed by atoms with van der Waals surface area (Å²) in [5.41, 5.74) is 3.03. The number of ether oxygens (including phenoxy) is 1. The van der Waals surface area contributed by atoms with E-state index in [1.807, 2.05) is 0 Å². The number of aromatic carboxylic acids is 1. The number of nitrogens with zero attached hydrogens (tertiary/aromatic N) is 1. The molecule has 3 aromatic rings. The molecular formula is C23H20F3NO3S. The van der Waals surface area contributed by atoms with E-state index in [4.69, 9.17) is 4.74 Å². The van der Waals surface area contributed by atoms with E-state index in [0.717, 1.165) is 23.3 Å². The first kappa shape index (κ1) is 22.7. The highest BCUT2D eigenvalue weighted by Gasteiger charge is 2.31. The van der Waals surface area contributed by atoms with Gasteiger partial charge < -0.3 is 9.84 Å². The van der Waals surface area contributed by atoms with Gasteiger partial charge in [0.1, 0.15) is 0 Å². The number of carbonyl (C=O) groups is 1. The van der Waals surface area contributed by atoms with E-state index in [1.165, 1.54) is 19.2 Å². The third kappa shape index (κ3) is 4.69. The molecule has 0 bridgehead atoms. The van der Waals surface area contributed by atoms with Crippen LogP contribution in [0.25, 0.3) is 22.3 Å². The number of methoxy groups -OCH3 is 1. The maximum atomic E-state index is 13.2. The smallest absolute Gasteiger partial charge is 0.416 e.